The minimum atomic E-state index is -0.246. The Labute approximate surface area is 156 Å². The lowest BCUT2D eigenvalue weighted by atomic mass is 10.0. The van der Waals surface area contributed by atoms with Gasteiger partial charge < -0.3 is 10.5 Å². The van der Waals surface area contributed by atoms with Crippen molar-refractivity contribution in [2.45, 2.75) is 13.5 Å². The van der Waals surface area contributed by atoms with E-state index in [4.69, 9.17) is 10.5 Å². The molecule has 3 aromatic rings. The molecule has 2 aromatic heterocycles. The Kier molecular flexibility index (Phi) is 5.28. The molecule has 0 fully saturated rings. The molecule has 3 N–H and O–H groups in total. The average molecular weight is 360 g/mol. The third-order valence-electron chi connectivity index (χ3n) is 3.93. The highest BCUT2D eigenvalue weighted by Crippen LogP contribution is 2.27. The van der Waals surface area contributed by atoms with Crippen LogP contribution >= 0.6 is 0 Å². The van der Waals surface area contributed by atoms with Gasteiger partial charge in [0.2, 0.25) is 0 Å². The van der Waals surface area contributed by atoms with Crippen LogP contribution in [0.4, 0.5) is 0 Å². The number of ether oxygens (including phenoxy) is 1. The van der Waals surface area contributed by atoms with Crippen molar-refractivity contribution in [2.75, 3.05) is 0 Å². The minimum absolute atomic E-state index is 0.229. The molecule has 3 rings (SSSR count). The molecule has 0 saturated carbocycles. The van der Waals surface area contributed by atoms with Crippen LogP contribution in [0.25, 0.3) is 21.9 Å². The maximum Gasteiger partial charge on any atom is 0.272 e. The first kappa shape index (κ1) is 18.3. The van der Waals surface area contributed by atoms with Crippen molar-refractivity contribution in [3.05, 3.63) is 89.3 Å². The molecule has 0 saturated heterocycles. The van der Waals surface area contributed by atoms with Crippen LogP contribution < -0.4 is 16.0 Å². The summed E-state index contributed by atoms with van der Waals surface area (Å²) >= 11 is 0. The second-order valence-electron chi connectivity index (χ2n) is 6.07. The number of nitrogens with two attached hydrogens (primary N) is 1. The van der Waals surface area contributed by atoms with E-state index in [0.29, 0.717) is 22.6 Å². The molecule has 6 heteroatoms. The number of allylic oxidation sites excluding steroid dienone is 3. The normalized spacial score (nSPS) is 11.4. The van der Waals surface area contributed by atoms with Crippen molar-refractivity contribution in [3.63, 3.8) is 0 Å². The van der Waals surface area contributed by atoms with Crippen molar-refractivity contribution in [2.24, 2.45) is 5.73 Å². The number of hydrogen-bond acceptors (Lipinski definition) is 5. The van der Waals surface area contributed by atoms with Crippen molar-refractivity contribution < 1.29 is 4.74 Å². The molecule has 0 radical (unpaired) electrons. The van der Waals surface area contributed by atoms with Gasteiger partial charge in [0.1, 0.15) is 11.5 Å². The first-order valence-electron chi connectivity index (χ1n) is 8.36. The Morgan fingerprint density at radius 1 is 1.26 bits per heavy atom. The van der Waals surface area contributed by atoms with Gasteiger partial charge >= 0.3 is 0 Å². The third kappa shape index (κ3) is 4.02. The zero-order valence-corrected chi connectivity index (χ0v) is 15.0. The fraction of sp³-hybridized carbons (Fsp3) is 0.0952. The Bertz CT molecular complexity index is 1110. The molecule has 1 aromatic carbocycles. The molecular weight excluding hydrogens is 340 g/mol. The maximum atomic E-state index is 12.0. The Hall–Kier alpha value is -3.51. The van der Waals surface area contributed by atoms with Crippen molar-refractivity contribution in [1.29, 1.82) is 0 Å². The van der Waals surface area contributed by atoms with Gasteiger partial charge in [0.15, 0.2) is 0 Å². The highest BCUT2D eigenvalue weighted by molar-refractivity contribution is 5.88. The molecule has 6 nitrogen and oxygen atoms in total. The van der Waals surface area contributed by atoms with Crippen molar-refractivity contribution in [3.8, 4) is 16.9 Å². The van der Waals surface area contributed by atoms with Gasteiger partial charge in [-0.15, -0.1) is 0 Å². The third-order valence-corrected chi connectivity index (χ3v) is 3.93. The number of aromatic nitrogens is 3. The van der Waals surface area contributed by atoms with Crippen LogP contribution in [0.5, 0.6) is 5.75 Å². The van der Waals surface area contributed by atoms with Crippen molar-refractivity contribution in [1.82, 2.24) is 15.2 Å². The summed E-state index contributed by atoms with van der Waals surface area (Å²) in [5.41, 5.74) is 8.72. The molecule has 0 aliphatic carbocycles. The van der Waals surface area contributed by atoms with E-state index in [1.54, 1.807) is 30.6 Å². The van der Waals surface area contributed by atoms with Crippen LogP contribution in [-0.4, -0.2) is 15.2 Å². The van der Waals surface area contributed by atoms with Gasteiger partial charge in [0, 0.05) is 23.7 Å². The summed E-state index contributed by atoms with van der Waals surface area (Å²) in [6.07, 6.45) is 6.76. The number of pyridine rings is 1. The monoisotopic (exact) mass is 360 g/mol. The Morgan fingerprint density at radius 3 is 2.78 bits per heavy atom. The van der Waals surface area contributed by atoms with E-state index in [9.17, 15) is 4.79 Å². The Morgan fingerprint density at radius 2 is 2.07 bits per heavy atom. The summed E-state index contributed by atoms with van der Waals surface area (Å²) < 4.78 is 5.82. The van der Waals surface area contributed by atoms with E-state index in [1.807, 2.05) is 25.1 Å². The fourth-order valence-electron chi connectivity index (χ4n) is 2.70. The number of hydrogen-bond donors (Lipinski definition) is 2. The first-order valence-corrected chi connectivity index (χ1v) is 8.36. The summed E-state index contributed by atoms with van der Waals surface area (Å²) in [7, 11) is 0. The number of H-pyrrole nitrogens is 1. The van der Waals surface area contributed by atoms with Crippen LogP contribution in [0.15, 0.2) is 78.1 Å². The van der Waals surface area contributed by atoms with E-state index < -0.39 is 0 Å². The minimum Gasteiger partial charge on any atom is -0.456 e. The average Bonchev–Trinajstić information content (AvgIpc) is 2.67. The van der Waals surface area contributed by atoms with Gasteiger partial charge in [-0.05, 0) is 42.8 Å². The molecule has 0 spiro atoms. The number of fused-ring (bicyclic) bond motifs is 1. The highest BCUT2D eigenvalue weighted by Gasteiger charge is 2.09. The zero-order valence-electron chi connectivity index (χ0n) is 15.0. The molecule has 0 aliphatic rings. The van der Waals surface area contributed by atoms with Crippen molar-refractivity contribution >= 4 is 10.8 Å². The predicted octanol–water partition coefficient (Wildman–Crippen LogP) is 3.47. The summed E-state index contributed by atoms with van der Waals surface area (Å²) in [4.78, 5) is 16.2. The molecule has 136 valence electrons. The van der Waals surface area contributed by atoms with Gasteiger partial charge in [-0.3, -0.25) is 9.78 Å². The van der Waals surface area contributed by atoms with Gasteiger partial charge in [-0.1, -0.05) is 24.8 Å². The number of nitrogens with one attached hydrogen (secondary N) is 1. The lowest BCUT2D eigenvalue weighted by molar-refractivity contribution is 0.442. The fourth-order valence-corrected chi connectivity index (χ4v) is 2.70. The lowest BCUT2D eigenvalue weighted by Gasteiger charge is -2.09. The van der Waals surface area contributed by atoms with E-state index in [2.05, 4.69) is 28.3 Å². The predicted molar refractivity (Wildman–Crippen MR) is 107 cm³/mol. The Balaban J connectivity index is 2.03. The van der Waals surface area contributed by atoms with Crippen LogP contribution in [-0.2, 0) is 6.54 Å². The molecule has 2 heterocycles. The highest BCUT2D eigenvalue weighted by atomic mass is 16.5. The van der Waals surface area contributed by atoms with Crippen LogP contribution in [0.1, 0.15) is 12.6 Å². The van der Waals surface area contributed by atoms with Gasteiger partial charge in [-0.25, -0.2) is 5.10 Å². The second-order valence-corrected chi connectivity index (χ2v) is 6.07. The molecule has 0 bridgehead atoms. The van der Waals surface area contributed by atoms with Gasteiger partial charge in [-0.2, -0.15) is 5.10 Å². The largest absolute Gasteiger partial charge is 0.456 e. The quantitative estimate of drug-likeness (QED) is 0.518. The molecule has 0 amide bonds. The summed E-state index contributed by atoms with van der Waals surface area (Å²) in [5.74, 6) is 1.16. The number of rotatable bonds is 6. The van der Waals surface area contributed by atoms with E-state index in [-0.39, 0.29) is 12.1 Å². The number of aromatic amines is 1. The first-order chi connectivity index (χ1) is 13.0. The van der Waals surface area contributed by atoms with Gasteiger partial charge in [0.05, 0.1) is 17.3 Å². The molecule has 0 unspecified atom stereocenters. The maximum absolute atomic E-state index is 12.0. The second kappa shape index (κ2) is 7.80. The van der Waals surface area contributed by atoms with Gasteiger partial charge in [0.25, 0.3) is 5.56 Å². The molecule has 27 heavy (non-hydrogen) atoms. The summed E-state index contributed by atoms with van der Waals surface area (Å²) in [5, 5.41) is 7.76. The van der Waals surface area contributed by atoms with Crippen LogP contribution in [0, 0.1) is 0 Å². The number of benzene rings is 1. The standard InChI is InChI=1S/C21H20N4O2/c1-4-16(7-13(2)3)27-17-8-15(11-23-12-17)14-5-6-18-19(9-14)20(10-22)24-25-21(18)26/h4-9,11-12H,1-2,10,22H2,3H3,(H,25,26)/b16-7+. The SMILES string of the molecule is C=C/C(=C\C(=C)C)Oc1cncc(-c2ccc3c(=O)[nH]nc(CN)c3c2)c1. The van der Waals surface area contributed by atoms with E-state index in [1.165, 1.54) is 0 Å². The van der Waals surface area contributed by atoms with E-state index >= 15 is 0 Å². The zero-order chi connectivity index (χ0) is 19.4. The molecular formula is C21H20N4O2. The van der Waals surface area contributed by atoms with Crippen LogP contribution in [0.3, 0.4) is 0 Å². The number of nitrogens with zero attached hydrogens (tertiary/aromatic N) is 2. The molecule has 0 aliphatic heterocycles. The topological polar surface area (TPSA) is 93.9 Å². The van der Waals surface area contributed by atoms with Crippen LogP contribution in [0.2, 0.25) is 0 Å². The molecule has 0 atom stereocenters. The lowest BCUT2D eigenvalue weighted by Crippen LogP contribution is -2.13. The summed E-state index contributed by atoms with van der Waals surface area (Å²) in [6, 6.07) is 7.37. The smallest absolute Gasteiger partial charge is 0.272 e. The van der Waals surface area contributed by atoms with E-state index in [0.717, 1.165) is 22.1 Å². The summed E-state index contributed by atoms with van der Waals surface area (Å²) in [6.45, 7) is 9.69.